The molecule has 8 unspecified atom stereocenters. The highest BCUT2D eigenvalue weighted by Gasteiger charge is 2.67. The fraction of sp³-hybridized carbons (Fsp3) is 0.960. The molecular weight excluding hydrogens is 370 g/mol. The Labute approximate surface area is 175 Å². The van der Waals surface area contributed by atoms with Crippen LogP contribution in [0.15, 0.2) is 0 Å². The van der Waals surface area contributed by atoms with Crippen LogP contribution in [0.2, 0.25) is 0 Å². The van der Waals surface area contributed by atoms with Crippen LogP contribution < -0.4 is 0 Å². The molecule has 4 fully saturated rings. The summed E-state index contributed by atoms with van der Waals surface area (Å²) in [6.45, 7) is 6.66. The molecule has 0 amide bonds. The molecule has 4 aliphatic rings. The number of methoxy groups -OCH3 is 1. The topological polar surface area (TPSA) is 26.3 Å². The Morgan fingerprint density at radius 2 is 1.76 bits per heavy atom. The zero-order valence-corrected chi connectivity index (χ0v) is 18.8. The number of esters is 1. The molecule has 0 radical (unpaired) electrons. The van der Waals surface area contributed by atoms with Gasteiger partial charge in [-0.05, 0) is 85.9 Å². The van der Waals surface area contributed by atoms with Crippen LogP contribution in [0.3, 0.4) is 0 Å². The van der Waals surface area contributed by atoms with Crippen molar-refractivity contribution in [2.24, 2.45) is 46.3 Å². The van der Waals surface area contributed by atoms with Crippen LogP contribution in [0.4, 0.5) is 8.78 Å². The van der Waals surface area contributed by atoms with Gasteiger partial charge in [0.1, 0.15) is 0 Å². The normalized spacial score (nSPS) is 46.9. The van der Waals surface area contributed by atoms with Gasteiger partial charge in [-0.15, -0.1) is 0 Å². The molecule has 0 heterocycles. The van der Waals surface area contributed by atoms with Crippen molar-refractivity contribution in [3.05, 3.63) is 0 Å². The fourth-order valence-corrected chi connectivity index (χ4v) is 8.62. The van der Waals surface area contributed by atoms with Crippen LogP contribution in [-0.4, -0.2) is 19.0 Å². The fourth-order valence-electron chi connectivity index (χ4n) is 8.62. The number of alkyl halides is 2. The summed E-state index contributed by atoms with van der Waals surface area (Å²) < 4.78 is 36.3. The van der Waals surface area contributed by atoms with Gasteiger partial charge in [0.05, 0.1) is 13.0 Å². The maximum Gasteiger partial charge on any atom is 0.308 e. The summed E-state index contributed by atoms with van der Waals surface area (Å²) in [5.74, 6) is -2.35. The second-order valence-electron chi connectivity index (χ2n) is 11.3. The molecule has 0 N–H and O–H groups in total. The predicted octanol–water partition coefficient (Wildman–Crippen LogP) is 6.87. The molecule has 2 nitrogen and oxygen atoms in total. The third kappa shape index (κ3) is 3.26. The maximum absolute atomic E-state index is 15.7. The smallest absolute Gasteiger partial charge is 0.308 e. The van der Waals surface area contributed by atoms with E-state index in [-0.39, 0.29) is 46.9 Å². The Kier molecular flexibility index (Phi) is 5.56. The average molecular weight is 411 g/mol. The SMILES string of the molecule is CCC(CC1CCC2C3C(CCC12C)C1(C)CCCCC1CC3(F)F)C(=O)OC. The summed E-state index contributed by atoms with van der Waals surface area (Å²) in [7, 11) is 1.46. The molecule has 0 aromatic rings. The summed E-state index contributed by atoms with van der Waals surface area (Å²) in [6, 6.07) is 0. The average Bonchev–Trinajstić information content (AvgIpc) is 3.01. The van der Waals surface area contributed by atoms with Crippen molar-refractivity contribution < 1.29 is 18.3 Å². The number of hydrogen-bond acceptors (Lipinski definition) is 2. The van der Waals surface area contributed by atoms with E-state index < -0.39 is 11.8 Å². The van der Waals surface area contributed by atoms with Crippen molar-refractivity contribution in [2.45, 2.75) is 97.3 Å². The van der Waals surface area contributed by atoms with Gasteiger partial charge in [0, 0.05) is 12.3 Å². The zero-order chi connectivity index (χ0) is 21.0. The number of fused-ring (bicyclic) bond motifs is 5. The van der Waals surface area contributed by atoms with E-state index in [1.807, 2.05) is 6.92 Å². The summed E-state index contributed by atoms with van der Waals surface area (Å²) in [4.78, 5) is 12.2. The van der Waals surface area contributed by atoms with Crippen LogP contribution in [0.5, 0.6) is 0 Å². The Balaban J connectivity index is 1.60. The van der Waals surface area contributed by atoms with Crippen LogP contribution in [-0.2, 0) is 9.53 Å². The second-order valence-corrected chi connectivity index (χ2v) is 11.3. The molecule has 0 aliphatic heterocycles. The third-order valence-electron chi connectivity index (χ3n) is 10.4. The molecule has 4 saturated carbocycles. The first-order valence-electron chi connectivity index (χ1n) is 12.1. The lowest BCUT2D eigenvalue weighted by Crippen LogP contribution is -2.60. The molecule has 0 saturated heterocycles. The maximum atomic E-state index is 15.7. The van der Waals surface area contributed by atoms with E-state index in [1.54, 1.807) is 0 Å². The highest BCUT2D eigenvalue weighted by Crippen LogP contribution is 2.70. The molecule has 166 valence electrons. The van der Waals surface area contributed by atoms with E-state index in [1.165, 1.54) is 13.5 Å². The van der Waals surface area contributed by atoms with Gasteiger partial charge in [0.2, 0.25) is 0 Å². The van der Waals surface area contributed by atoms with E-state index in [9.17, 15) is 4.79 Å². The minimum Gasteiger partial charge on any atom is -0.469 e. The molecule has 8 atom stereocenters. The molecule has 4 heteroatoms. The third-order valence-corrected chi connectivity index (χ3v) is 10.4. The lowest BCUT2D eigenvalue weighted by Gasteiger charge is -2.62. The molecule has 0 aromatic carbocycles. The predicted molar refractivity (Wildman–Crippen MR) is 111 cm³/mol. The van der Waals surface area contributed by atoms with Gasteiger partial charge in [-0.3, -0.25) is 4.79 Å². The Morgan fingerprint density at radius 1 is 1.03 bits per heavy atom. The molecule has 4 aliphatic carbocycles. The van der Waals surface area contributed by atoms with Crippen molar-refractivity contribution in [3.63, 3.8) is 0 Å². The number of rotatable bonds is 4. The van der Waals surface area contributed by atoms with Gasteiger partial charge in [0.15, 0.2) is 0 Å². The Bertz CT molecular complexity index is 634. The van der Waals surface area contributed by atoms with Crippen molar-refractivity contribution in [3.8, 4) is 0 Å². The van der Waals surface area contributed by atoms with Gasteiger partial charge in [0.25, 0.3) is 5.92 Å². The largest absolute Gasteiger partial charge is 0.469 e. The first kappa shape index (κ1) is 21.6. The van der Waals surface area contributed by atoms with Crippen molar-refractivity contribution in [1.29, 1.82) is 0 Å². The minimum atomic E-state index is -2.53. The van der Waals surface area contributed by atoms with E-state index in [0.717, 1.165) is 57.8 Å². The molecule has 0 bridgehead atoms. The number of hydrogen-bond donors (Lipinski definition) is 0. The number of ether oxygens (including phenoxy) is 1. The van der Waals surface area contributed by atoms with E-state index in [0.29, 0.717) is 5.92 Å². The first-order chi connectivity index (χ1) is 13.7. The molecule has 0 spiro atoms. The Morgan fingerprint density at radius 3 is 2.45 bits per heavy atom. The molecular formula is C25H40F2O2. The lowest BCUT2D eigenvalue weighted by molar-refractivity contribution is -0.232. The number of carbonyl (C=O) groups is 1. The Hall–Kier alpha value is -0.670. The van der Waals surface area contributed by atoms with Gasteiger partial charge >= 0.3 is 5.97 Å². The first-order valence-corrected chi connectivity index (χ1v) is 12.1. The summed E-state index contributed by atoms with van der Waals surface area (Å²) >= 11 is 0. The molecule has 0 aromatic heterocycles. The van der Waals surface area contributed by atoms with Crippen LogP contribution in [0.1, 0.15) is 91.4 Å². The van der Waals surface area contributed by atoms with Crippen molar-refractivity contribution >= 4 is 5.97 Å². The van der Waals surface area contributed by atoms with E-state index in [4.69, 9.17) is 4.74 Å². The summed E-state index contributed by atoms with van der Waals surface area (Å²) in [6.07, 6.45) is 10.1. The number of halogens is 2. The van der Waals surface area contributed by atoms with Crippen molar-refractivity contribution in [1.82, 2.24) is 0 Å². The standard InChI is InChI=1S/C25H40F2O2/c1-5-16(22(28)29-4)14-17-9-10-19-21-20(11-13-24(17,19)3)23(2)12-7-6-8-18(23)15-25(21,26)27/h16-21H,5-15H2,1-4H3. The van der Waals surface area contributed by atoms with Gasteiger partial charge in [-0.1, -0.05) is 33.6 Å². The van der Waals surface area contributed by atoms with E-state index in [2.05, 4.69) is 13.8 Å². The zero-order valence-electron chi connectivity index (χ0n) is 18.8. The molecule has 29 heavy (non-hydrogen) atoms. The summed E-state index contributed by atoms with van der Waals surface area (Å²) in [5.41, 5.74) is 0.0614. The van der Waals surface area contributed by atoms with Gasteiger partial charge < -0.3 is 4.74 Å². The molecule has 4 rings (SSSR count). The lowest BCUT2D eigenvalue weighted by atomic mass is 9.43. The van der Waals surface area contributed by atoms with E-state index >= 15 is 8.78 Å². The van der Waals surface area contributed by atoms with Gasteiger partial charge in [-0.2, -0.15) is 0 Å². The van der Waals surface area contributed by atoms with Crippen LogP contribution >= 0.6 is 0 Å². The summed E-state index contributed by atoms with van der Waals surface area (Å²) in [5, 5.41) is 0. The van der Waals surface area contributed by atoms with Crippen LogP contribution in [0, 0.1) is 46.3 Å². The van der Waals surface area contributed by atoms with Crippen LogP contribution in [0.25, 0.3) is 0 Å². The van der Waals surface area contributed by atoms with Crippen molar-refractivity contribution in [2.75, 3.05) is 7.11 Å². The highest BCUT2D eigenvalue weighted by molar-refractivity contribution is 5.72. The quantitative estimate of drug-likeness (QED) is 0.473. The van der Waals surface area contributed by atoms with Gasteiger partial charge in [-0.25, -0.2) is 8.78 Å². The monoisotopic (exact) mass is 410 g/mol. The number of carbonyl (C=O) groups excluding carboxylic acids is 1. The second kappa shape index (κ2) is 7.48. The minimum absolute atomic E-state index is 0.0517. The highest BCUT2D eigenvalue weighted by atomic mass is 19.3.